The molecule has 0 bridgehead atoms. The molecule has 0 saturated heterocycles. The van der Waals surface area contributed by atoms with Gasteiger partial charge in [0.05, 0.1) is 0 Å². The summed E-state index contributed by atoms with van der Waals surface area (Å²) in [6.45, 7) is 4.27. The number of aliphatic hydroxyl groups excluding tert-OH is 1. The zero-order valence-electron chi connectivity index (χ0n) is 12.5. The van der Waals surface area contributed by atoms with Crippen LogP contribution in [-0.4, -0.2) is 41.8 Å². The van der Waals surface area contributed by atoms with E-state index in [4.69, 9.17) is 4.74 Å². The zero-order valence-corrected chi connectivity index (χ0v) is 12.5. The molecule has 1 aromatic carbocycles. The predicted octanol–water partition coefficient (Wildman–Crippen LogP) is 3.08. The number of para-hydroxylation sites is 1. The van der Waals surface area contributed by atoms with E-state index in [1.54, 1.807) is 0 Å². The summed E-state index contributed by atoms with van der Waals surface area (Å²) >= 11 is 0. The van der Waals surface area contributed by atoms with Gasteiger partial charge in [-0.15, -0.1) is 0 Å². The van der Waals surface area contributed by atoms with Crippen LogP contribution in [0.5, 0.6) is 5.75 Å². The first-order valence-corrected chi connectivity index (χ1v) is 7.89. The van der Waals surface area contributed by atoms with Gasteiger partial charge >= 0.3 is 0 Å². The van der Waals surface area contributed by atoms with Crippen LogP contribution in [0.2, 0.25) is 0 Å². The van der Waals surface area contributed by atoms with Crippen molar-refractivity contribution in [2.75, 3.05) is 19.7 Å². The number of aliphatic hydroxyl groups is 1. The van der Waals surface area contributed by atoms with Crippen molar-refractivity contribution in [3.63, 3.8) is 0 Å². The number of nitrogens with zero attached hydrogens (tertiary/aromatic N) is 1. The second-order valence-corrected chi connectivity index (χ2v) is 5.66. The highest BCUT2D eigenvalue weighted by atomic mass is 16.5. The van der Waals surface area contributed by atoms with E-state index in [0.717, 1.165) is 12.3 Å². The Hall–Kier alpha value is -1.06. The van der Waals surface area contributed by atoms with Crippen LogP contribution in [0.25, 0.3) is 0 Å². The van der Waals surface area contributed by atoms with Crippen LogP contribution >= 0.6 is 0 Å². The zero-order chi connectivity index (χ0) is 14.2. The molecule has 20 heavy (non-hydrogen) atoms. The van der Waals surface area contributed by atoms with Crippen LogP contribution in [0.4, 0.5) is 0 Å². The van der Waals surface area contributed by atoms with Crippen molar-refractivity contribution in [2.45, 2.75) is 51.2 Å². The first-order valence-electron chi connectivity index (χ1n) is 7.89. The molecule has 2 rings (SSSR count). The molecule has 1 aromatic rings. The Balaban J connectivity index is 1.75. The molecule has 1 aliphatic carbocycles. The van der Waals surface area contributed by atoms with Gasteiger partial charge in [-0.3, -0.25) is 4.90 Å². The summed E-state index contributed by atoms with van der Waals surface area (Å²) in [7, 11) is 0. The minimum atomic E-state index is -0.419. The van der Waals surface area contributed by atoms with Crippen LogP contribution in [0.15, 0.2) is 30.3 Å². The lowest BCUT2D eigenvalue weighted by molar-refractivity contribution is 0.0463. The van der Waals surface area contributed by atoms with Crippen LogP contribution in [-0.2, 0) is 0 Å². The average Bonchev–Trinajstić information content (AvgIpc) is 2.52. The van der Waals surface area contributed by atoms with Gasteiger partial charge in [-0.25, -0.2) is 0 Å². The molecule has 1 atom stereocenters. The summed E-state index contributed by atoms with van der Waals surface area (Å²) in [5.74, 6) is 0.826. The quantitative estimate of drug-likeness (QED) is 0.831. The van der Waals surface area contributed by atoms with Crippen LogP contribution in [0.1, 0.15) is 39.0 Å². The van der Waals surface area contributed by atoms with Gasteiger partial charge in [-0.2, -0.15) is 0 Å². The Bertz CT molecular complexity index is 363. The molecule has 112 valence electrons. The summed E-state index contributed by atoms with van der Waals surface area (Å²) in [5.41, 5.74) is 0. The highest BCUT2D eigenvalue weighted by molar-refractivity contribution is 5.20. The first kappa shape index (κ1) is 15.3. The second-order valence-electron chi connectivity index (χ2n) is 5.66. The maximum absolute atomic E-state index is 10.2. The fourth-order valence-electron chi connectivity index (χ4n) is 3.02. The van der Waals surface area contributed by atoms with Gasteiger partial charge in [0.2, 0.25) is 0 Å². The fraction of sp³-hybridized carbons (Fsp3) is 0.647. The van der Waals surface area contributed by atoms with Gasteiger partial charge in [0.1, 0.15) is 18.5 Å². The normalized spacial score (nSPS) is 18.1. The van der Waals surface area contributed by atoms with Crippen molar-refractivity contribution >= 4 is 0 Å². The van der Waals surface area contributed by atoms with Gasteiger partial charge in [0, 0.05) is 12.6 Å². The number of likely N-dealkylation sites (N-methyl/N-ethyl adjacent to an activating group) is 1. The summed E-state index contributed by atoms with van der Waals surface area (Å²) < 4.78 is 5.62. The smallest absolute Gasteiger partial charge is 0.119 e. The van der Waals surface area contributed by atoms with Gasteiger partial charge < -0.3 is 9.84 Å². The van der Waals surface area contributed by atoms with Crippen molar-refractivity contribution in [1.29, 1.82) is 0 Å². The largest absolute Gasteiger partial charge is 0.491 e. The third kappa shape index (κ3) is 4.80. The molecular formula is C17H27NO2. The van der Waals surface area contributed by atoms with Crippen molar-refractivity contribution in [2.24, 2.45) is 0 Å². The van der Waals surface area contributed by atoms with E-state index in [1.165, 1.54) is 32.1 Å². The predicted molar refractivity (Wildman–Crippen MR) is 82.1 cm³/mol. The molecule has 3 nitrogen and oxygen atoms in total. The third-order valence-electron chi connectivity index (χ3n) is 4.13. The van der Waals surface area contributed by atoms with E-state index in [9.17, 15) is 5.11 Å². The van der Waals surface area contributed by atoms with Crippen LogP contribution in [0.3, 0.4) is 0 Å². The molecule has 1 saturated carbocycles. The highest BCUT2D eigenvalue weighted by Crippen LogP contribution is 2.22. The Morgan fingerprint density at radius 3 is 2.55 bits per heavy atom. The van der Waals surface area contributed by atoms with E-state index < -0.39 is 6.10 Å². The van der Waals surface area contributed by atoms with E-state index in [2.05, 4.69) is 11.8 Å². The van der Waals surface area contributed by atoms with Gasteiger partial charge in [-0.1, -0.05) is 44.4 Å². The van der Waals surface area contributed by atoms with Crippen LogP contribution < -0.4 is 4.74 Å². The van der Waals surface area contributed by atoms with Crippen molar-refractivity contribution < 1.29 is 9.84 Å². The lowest BCUT2D eigenvalue weighted by Crippen LogP contribution is -2.43. The number of hydrogen-bond donors (Lipinski definition) is 1. The van der Waals surface area contributed by atoms with E-state index in [-0.39, 0.29) is 0 Å². The molecule has 0 aromatic heterocycles. The topological polar surface area (TPSA) is 32.7 Å². The Kier molecular flexibility index (Phi) is 6.34. The first-order chi connectivity index (χ1) is 9.79. The molecular weight excluding hydrogens is 250 g/mol. The second kappa shape index (κ2) is 8.28. The van der Waals surface area contributed by atoms with Gasteiger partial charge in [0.15, 0.2) is 0 Å². The molecule has 3 heteroatoms. The van der Waals surface area contributed by atoms with Gasteiger partial charge in [-0.05, 0) is 31.5 Å². The minimum absolute atomic E-state index is 0.368. The molecule has 0 aliphatic heterocycles. The lowest BCUT2D eigenvalue weighted by Gasteiger charge is -2.34. The number of ether oxygens (including phenoxy) is 1. The SMILES string of the molecule is CCN(CC(O)COc1ccccc1)C1CCCCC1. The van der Waals surface area contributed by atoms with Crippen molar-refractivity contribution in [1.82, 2.24) is 4.90 Å². The summed E-state index contributed by atoms with van der Waals surface area (Å²) in [5, 5.41) is 10.2. The van der Waals surface area contributed by atoms with E-state index >= 15 is 0 Å². The number of benzene rings is 1. The van der Waals surface area contributed by atoms with Crippen LogP contribution in [0, 0.1) is 0 Å². The maximum atomic E-state index is 10.2. The lowest BCUT2D eigenvalue weighted by atomic mass is 9.94. The number of rotatable bonds is 7. The molecule has 0 amide bonds. The average molecular weight is 277 g/mol. The highest BCUT2D eigenvalue weighted by Gasteiger charge is 2.22. The molecule has 1 N–H and O–H groups in total. The number of hydrogen-bond acceptors (Lipinski definition) is 3. The standard InChI is InChI=1S/C17H27NO2/c1-2-18(15-9-5-3-6-10-15)13-16(19)14-20-17-11-7-4-8-12-17/h4,7-8,11-12,15-16,19H,2-3,5-6,9-10,13-14H2,1H3. The summed E-state index contributed by atoms with van der Waals surface area (Å²) in [4.78, 5) is 2.41. The monoisotopic (exact) mass is 277 g/mol. The maximum Gasteiger partial charge on any atom is 0.119 e. The van der Waals surface area contributed by atoms with Gasteiger partial charge in [0.25, 0.3) is 0 Å². The van der Waals surface area contributed by atoms with E-state index in [0.29, 0.717) is 19.2 Å². The summed E-state index contributed by atoms with van der Waals surface area (Å²) in [6.07, 6.45) is 6.17. The van der Waals surface area contributed by atoms with Crippen molar-refractivity contribution in [3.8, 4) is 5.75 Å². The molecule has 1 fully saturated rings. The fourth-order valence-corrected chi connectivity index (χ4v) is 3.02. The van der Waals surface area contributed by atoms with Crippen molar-refractivity contribution in [3.05, 3.63) is 30.3 Å². The third-order valence-corrected chi connectivity index (χ3v) is 4.13. The molecule has 0 heterocycles. The molecule has 0 radical (unpaired) electrons. The summed E-state index contributed by atoms with van der Waals surface area (Å²) in [6, 6.07) is 10.4. The molecule has 0 spiro atoms. The Labute approximate surface area is 122 Å². The Morgan fingerprint density at radius 1 is 1.20 bits per heavy atom. The molecule has 1 aliphatic rings. The van der Waals surface area contributed by atoms with E-state index in [1.807, 2.05) is 30.3 Å². The minimum Gasteiger partial charge on any atom is -0.491 e. The molecule has 1 unspecified atom stereocenters. The Morgan fingerprint density at radius 2 is 1.90 bits per heavy atom.